The normalized spacial score (nSPS) is 10.2. The first-order chi connectivity index (χ1) is 9.11. The third-order valence-corrected chi connectivity index (χ3v) is 2.47. The molecule has 98 valence electrons. The first kappa shape index (κ1) is 12.8. The first-order valence-electron chi connectivity index (χ1n) is 5.52. The van der Waals surface area contributed by atoms with E-state index in [0.717, 1.165) is 0 Å². The Labute approximate surface area is 108 Å². The number of carbonyl (C=O) groups excluding carboxylic acids is 2. The van der Waals surface area contributed by atoms with E-state index in [-0.39, 0.29) is 5.56 Å². The van der Waals surface area contributed by atoms with Crippen molar-refractivity contribution in [3.8, 4) is 0 Å². The van der Waals surface area contributed by atoms with Gasteiger partial charge in [0, 0.05) is 12.4 Å². The maximum Gasteiger partial charge on any atom is 0.351 e. The van der Waals surface area contributed by atoms with Gasteiger partial charge >= 0.3 is 11.6 Å². The van der Waals surface area contributed by atoms with Gasteiger partial charge in [-0.2, -0.15) is 0 Å². The number of rotatable bonds is 3. The summed E-state index contributed by atoms with van der Waals surface area (Å²) in [5.74, 6) is -1.35. The quantitative estimate of drug-likeness (QED) is 0.649. The highest BCUT2D eigenvalue weighted by molar-refractivity contribution is 5.94. The average molecular weight is 261 g/mol. The van der Waals surface area contributed by atoms with Crippen LogP contribution in [-0.4, -0.2) is 25.5 Å². The Morgan fingerprint density at radius 2 is 2.05 bits per heavy atom. The second-order valence-electron chi connectivity index (χ2n) is 3.73. The zero-order valence-corrected chi connectivity index (χ0v) is 10.1. The lowest BCUT2D eigenvalue weighted by Gasteiger charge is -2.03. The summed E-state index contributed by atoms with van der Waals surface area (Å²) in [6.45, 7) is -0.443. The second kappa shape index (κ2) is 5.34. The van der Waals surface area contributed by atoms with Crippen LogP contribution < -0.4 is 10.9 Å². The van der Waals surface area contributed by atoms with Crippen LogP contribution in [0.25, 0.3) is 11.0 Å². The third-order valence-electron chi connectivity index (χ3n) is 2.47. The van der Waals surface area contributed by atoms with Gasteiger partial charge in [-0.1, -0.05) is 18.2 Å². The molecule has 1 aromatic carbocycles. The minimum absolute atomic E-state index is 0.234. The molecule has 6 heteroatoms. The van der Waals surface area contributed by atoms with Crippen molar-refractivity contribution >= 4 is 22.8 Å². The maximum absolute atomic E-state index is 11.7. The SMILES string of the molecule is CNC(=O)COC(=O)c1cc2ccccc2oc1=O. The molecular weight excluding hydrogens is 250 g/mol. The molecule has 0 aliphatic rings. The highest BCUT2D eigenvalue weighted by Gasteiger charge is 2.16. The molecule has 0 bridgehead atoms. The van der Waals surface area contributed by atoms with Crippen molar-refractivity contribution in [3.05, 3.63) is 46.3 Å². The highest BCUT2D eigenvalue weighted by atomic mass is 16.5. The number of likely N-dealkylation sites (N-methyl/N-ethyl adjacent to an activating group) is 1. The number of benzene rings is 1. The molecule has 1 amide bonds. The topological polar surface area (TPSA) is 85.6 Å². The lowest BCUT2D eigenvalue weighted by molar-refractivity contribution is -0.123. The molecule has 0 atom stereocenters. The Bertz CT molecular complexity index is 689. The largest absolute Gasteiger partial charge is 0.452 e. The van der Waals surface area contributed by atoms with E-state index in [1.807, 2.05) is 0 Å². The van der Waals surface area contributed by atoms with Crippen LogP contribution in [0.3, 0.4) is 0 Å². The van der Waals surface area contributed by atoms with Gasteiger partial charge in [0.25, 0.3) is 5.91 Å². The summed E-state index contributed by atoms with van der Waals surface area (Å²) in [6.07, 6.45) is 0. The molecule has 0 saturated heterocycles. The Morgan fingerprint density at radius 1 is 1.32 bits per heavy atom. The van der Waals surface area contributed by atoms with Crippen molar-refractivity contribution < 1.29 is 18.7 Å². The molecule has 2 aromatic rings. The number of hydrogen-bond acceptors (Lipinski definition) is 5. The van der Waals surface area contributed by atoms with Gasteiger partial charge in [0.1, 0.15) is 11.1 Å². The monoisotopic (exact) mass is 261 g/mol. The van der Waals surface area contributed by atoms with Gasteiger partial charge in [0.2, 0.25) is 0 Å². The van der Waals surface area contributed by atoms with Crippen molar-refractivity contribution in [1.29, 1.82) is 0 Å². The average Bonchev–Trinajstić information content (AvgIpc) is 2.43. The minimum Gasteiger partial charge on any atom is -0.452 e. The molecule has 0 fully saturated rings. The van der Waals surface area contributed by atoms with E-state index in [1.165, 1.54) is 13.1 Å². The lowest BCUT2D eigenvalue weighted by Crippen LogP contribution is -2.26. The summed E-state index contributed by atoms with van der Waals surface area (Å²) >= 11 is 0. The molecule has 6 nitrogen and oxygen atoms in total. The number of ether oxygens (including phenoxy) is 1. The number of nitrogens with one attached hydrogen (secondary N) is 1. The minimum atomic E-state index is -0.886. The van der Waals surface area contributed by atoms with Gasteiger partial charge in [-0.15, -0.1) is 0 Å². The van der Waals surface area contributed by atoms with E-state index in [1.54, 1.807) is 24.3 Å². The molecule has 0 aliphatic carbocycles. The molecular formula is C13H11NO5. The van der Waals surface area contributed by atoms with Crippen LogP contribution in [0.1, 0.15) is 10.4 Å². The number of esters is 1. The molecule has 19 heavy (non-hydrogen) atoms. The molecule has 0 aliphatic heterocycles. The predicted molar refractivity (Wildman–Crippen MR) is 66.8 cm³/mol. The van der Waals surface area contributed by atoms with Crippen LogP contribution in [0, 0.1) is 0 Å². The highest BCUT2D eigenvalue weighted by Crippen LogP contribution is 2.12. The van der Waals surface area contributed by atoms with E-state index >= 15 is 0 Å². The molecule has 0 spiro atoms. The number of carbonyl (C=O) groups is 2. The fourth-order valence-electron chi connectivity index (χ4n) is 1.49. The molecule has 0 saturated carbocycles. The number of hydrogen-bond donors (Lipinski definition) is 1. The Kier molecular flexibility index (Phi) is 3.61. The smallest absolute Gasteiger partial charge is 0.351 e. The van der Waals surface area contributed by atoms with Gasteiger partial charge in [-0.3, -0.25) is 4.79 Å². The van der Waals surface area contributed by atoms with E-state index < -0.39 is 24.1 Å². The first-order valence-corrected chi connectivity index (χ1v) is 5.52. The molecule has 0 radical (unpaired) electrons. The van der Waals surface area contributed by atoms with Gasteiger partial charge < -0.3 is 14.5 Å². The van der Waals surface area contributed by atoms with E-state index in [9.17, 15) is 14.4 Å². The molecule has 2 rings (SSSR count). The number of para-hydroxylation sites is 1. The van der Waals surface area contributed by atoms with Crippen LogP contribution in [0.4, 0.5) is 0 Å². The maximum atomic E-state index is 11.7. The van der Waals surface area contributed by atoms with E-state index in [4.69, 9.17) is 9.15 Å². The standard InChI is InChI=1S/C13H11NO5/c1-14-11(15)7-18-12(16)9-6-8-4-2-3-5-10(8)19-13(9)17/h2-6H,7H2,1H3,(H,14,15). The van der Waals surface area contributed by atoms with Gasteiger partial charge in [-0.25, -0.2) is 9.59 Å². The molecule has 1 N–H and O–H groups in total. The fraction of sp³-hybridized carbons (Fsp3) is 0.154. The van der Waals surface area contributed by atoms with E-state index in [2.05, 4.69) is 5.32 Å². The van der Waals surface area contributed by atoms with Crippen molar-refractivity contribution in [1.82, 2.24) is 5.32 Å². The number of fused-ring (bicyclic) bond motifs is 1. The van der Waals surface area contributed by atoms with E-state index in [0.29, 0.717) is 11.0 Å². The van der Waals surface area contributed by atoms with Crippen molar-refractivity contribution in [2.24, 2.45) is 0 Å². The van der Waals surface area contributed by atoms with Crippen molar-refractivity contribution in [2.45, 2.75) is 0 Å². The molecule has 0 unspecified atom stereocenters. The van der Waals surface area contributed by atoms with Crippen LogP contribution in [-0.2, 0) is 9.53 Å². The lowest BCUT2D eigenvalue weighted by atomic mass is 10.2. The summed E-state index contributed by atoms with van der Waals surface area (Å²) in [5, 5.41) is 2.90. The molecule has 1 heterocycles. The van der Waals surface area contributed by atoms with Gasteiger partial charge in [-0.05, 0) is 12.1 Å². The summed E-state index contributed by atoms with van der Waals surface area (Å²) < 4.78 is 9.69. The van der Waals surface area contributed by atoms with Crippen LogP contribution in [0.2, 0.25) is 0 Å². The molecule has 1 aromatic heterocycles. The van der Waals surface area contributed by atoms with Crippen molar-refractivity contribution in [3.63, 3.8) is 0 Å². The summed E-state index contributed by atoms with van der Waals surface area (Å²) in [4.78, 5) is 34.2. The van der Waals surface area contributed by atoms with Crippen LogP contribution in [0.5, 0.6) is 0 Å². The van der Waals surface area contributed by atoms with Crippen molar-refractivity contribution in [2.75, 3.05) is 13.7 Å². The summed E-state index contributed by atoms with van der Waals surface area (Å²) in [5.41, 5.74) is -0.640. The predicted octanol–water partition coefficient (Wildman–Crippen LogP) is 0.696. The zero-order chi connectivity index (χ0) is 13.8. The summed E-state index contributed by atoms with van der Waals surface area (Å²) in [7, 11) is 1.42. The Balaban J connectivity index is 2.29. The van der Waals surface area contributed by atoms with Gasteiger partial charge in [0.05, 0.1) is 0 Å². The Hall–Kier alpha value is -2.63. The van der Waals surface area contributed by atoms with Crippen LogP contribution in [0.15, 0.2) is 39.5 Å². The second-order valence-corrected chi connectivity index (χ2v) is 3.73. The summed E-state index contributed by atoms with van der Waals surface area (Å²) in [6, 6.07) is 8.17. The fourth-order valence-corrected chi connectivity index (χ4v) is 1.49. The Morgan fingerprint density at radius 3 is 2.79 bits per heavy atom. The number of amides is 1. The van der Waals surface area contributed by atoms with Gasteiger partial charge in [0.15, 0.2) is 6.61 Å². The third kappa shape index (κ3) is 2.79. The zero-order valence-electron chi connectivity index (χ0n) is 10.1. The van der Waals surface area contributed by atoms with Crippen LogP contribution >= 0.6 is 0 Å².